The lowest BCUT2D eigenvalue weighted by molar-refractivity contribution is -0.402. The number of amides is 1. The highest BCUT2D eigenvalue weighted by Gasteiger charge is 2.19. The molecule has 0 unspecified atom stereocenters. The second-order valence-electron chi connectivity index (χ2n) is 4.86. The second-order valence-corrected chi connectivity index (χ2v) is 7.10. The zero-order valence-electron chi connectivity index (χ0n) is 12.1. The Kier molecular flexibility index (Phi) is 3.28. The van der Waals surface area contributed by atoms with E-state index in [9.17, 15) is 14.9 Å². The number of benzene rings is 1. The number of aromatic nitrogens is 2. The summed E-state index contributed by atoms with van der Waals surface area (Å²) in [4.78, 5) is 30.9. The van der Waals surface area contributed by atoms with Crippen LogP contribution in [-0.4, -0.2) is 20.8 Å². The van der Waals surface area contributed by atoms with Crippen LogP contribution < -0.4 is 5.32 Å². The van der Waals surface area contributed by atoms with Crippen LogP contribution in [0.5, 0.6) is 0 Å². The van der Waals surface area contributed by atoms with Gasteiger partial charge in [0.15, 0.2) is 10.9 Å². The molecule has 0 aliphatic heterocycles. The summed E-state index contributed by atoms with van der Waals surface area (Å²) in [6.45, 7) is 1.93. The van der Waals surface area contributed by atoms with Gasteiger partial charge in [-0.25, -0.2) is 9.97 Å². The molecular formula is C14H8N4O4S2. The molecule has 120 valence electrons. The number of furan rings is 1. The number of nitro groups is 1. The van der Waals surface area contributed by atoms with E-state index in [0.29, 0.717) is 5.13 Å². The predicted octanol–water partition coefficient (Wildman–Crippen LogP) is 3.97. The third kappa shape index (κ3) is 2.41. The van der Waals surface area contributed by atoms with Gasteiger partial charge in [-0.15, -0.1) is 11.3 Å². The highest BCUT2D eigenvalue weighted by Crippen LogP contribution is 2.34. The van der Waals surface area contributed by atoms with Crippen molar-refractivity contribution in [3.05, 3.63) is 45.1 Å². The zero-order valence-corrected chi connectivity index (χ0v) is 13.7. The van der Waals surface area contributed by atoms with E-state index in [0.717, 1.165) is 31.5 Å². The number of nitrogens with one attached hydrogen (secondary N) is 1. The Hall–Kier alpha value is -2.85. The smallest absolute Gasteiger partial charge is 0.395 e. The molecular weight excluding hydrogens is 352 g/mol. The summed E-state index contributed by atoms with van der Waals surface area (Å²) in [5.74, 6) is -1.22. The first kappa shape index (κ1) is 14.7. The summed E-state index contributed by atoms with van der Waals surface area (Å²) in [6.07, 6.45) is 0. The first-order valence-electron chi connectivity index (χ1n) is 6.73. The van der Waals surface area contributed by atoms with E-state index in [2.05, 4.69) is 15.3 Å². The highest BCUT2D eigenvalue weighted by molar-refractivity contribution is 7.24. The number of aryl methyl sites for hydroxylation is 1. The number of hydrogen-bond acceptors (Lipinski definition) is 8. The predicted molar refractivity (Wildman–Crippen MR) is 90.9 cm³/mol. The van der Waals surface area contributed by atoms with Crippen LogP contribution in [0.2, 0.25) is 0 Å². The van der Waals surface area contributed by atoms with Crippen LogP contribution in [0.3, 0.4) is 0 Å². The fourth-order valence-corrected chi connectivity index (χ4v) is 4.10. The van der Waals surface area contributed by atoms with Crippen LogP contribution in [0.1, 0.15) is 15.6 Å². The Morgan fingerprint density at radius 3 is 2.83 bits per heavy atom. The van der Waals surface area contributed by atoms with Gasteiger partial charge in [0.1, 0.15) is 10.4 Å². The monoisotopic (exact) mass is 360 g/mol. The fourth-order valence-electron chi connectivity index (χ4n) is 2.25. The number of anilines is 1. The molecule has 8 nitrogen and oxygen atoms in total. The van der Waals surface area contributed by atoms with Crippen molar-refractivity contribution >= 4 is 60.0 Å². The van der Waals surface area contributed by atoms with Crippen molar-refractivity contribution in [1.29, 1.82) is 0 Å². The van der Waals surface area contributed by atoms with Crippen molar-refractivity contribution in [3.8, 4) is 0 Å². The first-order chi connectivity index (χ1) is 11.5. The molecule has 1 aromatic carbocycles. The second kappa shape index (κ2) is 5.35. The number of thiazole rings is 2. The molecule has 0 aliphatic rings. The molecule has 0 aliphatic carbocycles. The summed E-state index contributed by atoms with van der Waals surface area (Å²) in [7, 11) is 0. The lowest BCUT2D eigenvalue weighted by Gasteiger charge is -1.96. The average Bonchev–Trinajstić information content (AvgIpc) is 3.22. The molecule has 0 saturated heterocycles. The molecule has 0 fully saturated rings. The molecule has 0 atom stereocenters. The van der Waals surface area contributed by atoms with Crippen molar-refractivity contribution in [3.63, 3.8) is 0 Å². The van der Waals surface area contributed by atoms with Crippen molar-refractivity contribution in [2.45, 2.75) is 6.92 Å². The van der Waals surface area contributed by atoms with Crippen molar-refractivity contribution in [2.75, 3.05) is 5.32 Å². The van der Waals surface area contributed by atoms with Crippen LogP contribution in [0.15, 0.2) is 28.7 Å². The molecule has 10 heteroatoms. The molecule has 3 heterocycles. The molecule has 3 aromatic heterocycles. The molecule has 24 heavy (non-hydrogen) atoms. The quantitative estimate of drug-likeness (QED) is 0.437. The van der Waals surface area contributed by atoms with E-state index in [4.69, 9.17) is 4.42 Å². The number of rotatable bonds is 3. The molecule has 0 bridgehead atoms. The molecule has 4 rings (SSSR count). The maximum absolute atomic E-state index is 12.1. The summed E-state index contributed by atoms with van der Waals surface area (Å²) in [5.41, 5.74) is 1.60. The van der Waals surface area contributed by atoms with Crippen LogP contribution in [0, 0.1) is 17.0 Å². The third-order valence-electron chi connectivity index (χ3n) is 3.24. The fraction of sp³-hybridized carbons (Fsp3) is 0.0714. The van der Waals surface area contributed by atoms with E-state index in [-0.39, 0.29) is 5.76 Å². The summed E-state index contributed by atoms with van der Waals surface area (Å²) >= 11 is 2.90. The average molecular weight is 360 g/mol. The van der Waals surface area contributed by atoms with Gasteiger partial charge in [0.2, 0.25) is 0 Å². The van der Waals surface area contributed by atoms with Crippen molar-refractivity contribution in [2.24, 2.45) is 0 Å². The maximum atomic E-state index is 12.1. The molecule has 4 aromatic rings. The van der Waals surface area contributed by atoms with Crippen LogP contribution in [0.25, 0.3) is 20.4 Å². The number of carbonyl (C=O) groups excluding carboxylic acids is 1. The van der Waals surface area contributed by atoms with E-state index in [1.165, 1.54) is 17.4 Å². The topological polar surface area (TPSA) is 111 Å². The minimum Gasteiger partial charge on any atom is -0.395 e. The van der Waals surface area contributed by atoms with Crippen LogP contribution >= 0.6 is 22.7 Å². The highest BCUT2D eigenvalue weighted by atomic mass is 32.1. The standard InChI is InChI=1S/C14H8N4O4S2/c1-6-15-11-9(23-6)4-2-7-12(11)24-14(16-7)17-13(19)8-3-5-10(22-8)18(20)21/h2-5H,1H3,(H,16,17,19). The van der Waals surface area contributed by atoms with Crippen molar-refractivity contribution in [1.82, 2.24) is 9.97 Å². The third-order valence-corrected chi connectivity index (χ3v) is 5.17. The van der Waals surface area contributed by atoms with Gasteiger partial charge in [-0.2, -0.15) is 0 Å². The van der Waals surface area contributed by atoms with Gasteiger partial charge >= 0.3 is 5.88 Å². The number of nitrogens with zero attached hydrogens (tertiary/aromatic N) is 3. The first-order valence-corrected chi connectivity index (χ1v) is 8.37. The van der Waals surface area contributed by atoms with Gasteiger partial charge in [0.25, 0.3) is 5.91 Å². The zero-order chi connectivity index (χ0) is 16.8. The number of carbonyl (C=O) groups is 1. The maximum Gasteiger partial charge on any atom is 0.433 e. The molecule has 0 spiro atoms. The van der Waals surface area contributed by atoms with Crippen molar-refractivity contribution < 1.29 is 14.1 Å². The molecule has 0 saturated carbocycles. The molecule has 0 radical (unpaired) electrons. The summed E-state index contributed by atoms with van der Waals surface area (Å²) < 4.78 is 6.83. The van der Waals surface area contributed by atoms with Gasteiger partial charge in [-0.1, -0.05) is 11.3 Å². The van der Waals surface area contributed by atoms with E-state index >= 15 is 0 Å². The Labute approximate surface area is 141 Å². The SMILES string of the molecule is Cc1nc2c(ccc3nc(NC(=O)c4ccc([N+](=O)[O-])o4)sc32)s1. The van der Waals surface area contributed by atoms with E-state index < -0.39 is 16.7 Å². The minimum atomic E-state index is -0.699. The minimum absolute atomic E-state index is 0.143. The Bertz CT molecular complexity index is 1110. The Morgan fingerprint density at radius 1 is 1.25 bits per heavy atom. The number of fused-ring (bicyclic) bond motifs is 3. The number of hydrogen-bond donors (Lipinski definition) is 1. The molecule has 1 amide bonds. The summed E-state index contributed by atoms with van der Waals surface area (Å²) in [6, 6.07) is 6.21. The lowest BCUT2D eigenvalue weighted by Crippen LogP contribution is -2.10. The van der Waals surface area contributed by atoms with Gasteiger partial charge in [0.05, 0.1) is 26.0 Å². The van der Waals surface area contributed by atoms with Crippen LogP contribution in [-0.2, 0) is 0 Å². The molecule has 1 N–H and O–H groups in total. The van der Waals surface area contributed by atoms with E-state index in [1.54, 1.807) is 11.3 Å². The summed E-state index contributed by atoms with van der Waals surface area (Å²) in [5, 5.41) is 14.5. The normalized spacial score (nSPS) is 11.2. The van der Waals surface area contributed by atoms with Gasteiger partial charge in [-0.3, -0.25) is 20.2 Å². The van der Waals surface area contributed by atoms with Gasteiger partial charge < -0.3 is 4.42 Å². The Balaban J connectivity index is 1.67. The van der Waals surface area contributed by atoms with Gasteiger partial charge in [0, 0.05) is 0 Å². The Morgan fingerprint density at radius 2 is 2.08 bits per heavy atom. The van der Waals surface area contributed by atoms with Crippen LogP contribution in [0.4, 0.5) is 11.0 Å². The van der Waals surface area contributed by atoms with Gasteiger partial charge in [-0.05, 0) is 25.1 Å². The largest absolute Gasteiger partial charge is 0.433 e. The lowest BCUT2D eigenvalue weighted by atomic mass is 10.3. The van der Waals surface area contributed by atoms with E-state index in [1.807, 2.05) is 19.1 Å².